The number of esters is 1. The Balaban J connectivity index is 1.56. The predicted octanol–water partition coefficient (Wildman–Crippen LogP) is 4.38. The van der Waals surface area contributed by atoms with E-state index in [2.05, 4.69) is 10.6 Å². The summed E-state index contributed by atoms with van der Waals surface area (Å²) < 4.78 is 27.6. The number of pyridine rings is 1. The Morgan fingerprint density at radius 1 is 1.24 bits per heavy atom. The number of hydrogen-bond donors (Lipinski definition) is 3. The van der Waals surface area contributed by atoms with Crippen LogP contribution in [0.2, 0.25) is 0 Å². The number of nitro groups is 1. The van der Waals surface area contributed by atoms with E-state index in [1.165, 1.54) is 45.2 Å². The normalized spacial score (nSPS) is 17.8. The standard InChI is InChI=1S/C33H38Cl2FN5O8/c1-16-14-39(13-12-37-16)27-25(36)17(2)23-26(30(27)48-5)40(20-10-11-20)18(3)24(29(23)43)31(44)49-15-22(38-32(45)33(4,34)35)28(42)19-6-8-21(9-7-19)41(46)47/h6-9,16,20,22,28,37,42H,10-15H2,1-5H3,(H,38,45)/t16?,22-,28-/m1/s1. The van der Waals surface area contributed by atoms with E-state index in [9.17, 15) is 29.6 Å². The van der Waals surface area contributed by atoms with E-state index in [1.54, 1.807) is 6.92 Å². The number of amides is 1. The lowest BCUT2D eigenvalue weighted by Gasteiger charge is -2.35. The highest BCUT2D eigenvalue weighted by Crippen LogP contribution is 2.46. The number of aliphatic hydroxyl groups is 1. The van der Waals surface area contributed by atoms with Crippen LogP contribution in [0.1, 0.15) is 66.0 Å². The van der Waals surface area contributed by atoms with Crippen molar-refractivity contribution in [3.8, 4) is 5.75 Å². The van der Waals surface area contributed by atoms with Crippen molar-refractivity contribution in [1.29, 1.82) is 0 Å². The van der Waals surface area contributed by atoms with Crippen molar-refractivity contribution in [3.05, 3.63) is 72.8 Å². The lowest BCUT2D eigenvalue weighted by molar-refractivity contribution is -0.384. The third kappa shape index (κ3) is 7.18. The van der Waals surface area contributed by atoms with Crippen molar-refractivity contribution in [3.63, 3.8) is 0 Å². The minimum Gasteiger partial charge on any atom is -0.492 e. The molecule has 1 aliphatic carbocycles. The number of non-ortho nitro benzene ring substituents is 1. The number of alkyl halides is 2. The Labute approximate surface area is 291 Å². The minimum absolute atomic E-state index is 0.0125. The first-order valence-corrected chi connectivity index (χ1v) is 16.5. The molecule has 0 bridgehead atoms. The van der Waals surface area contributed by atoms with Gasteiger partial charge in [-0.25, -0.2) is 9.18 Å². The average Bonchev–Trinajstić information content (AvgIpc) is 3.88. The number of aryl methyl sites for hydroxylation is 1. The van der Waals surface area contributed by atoms with Gasteiger partial charge in [-0.1, -0.05) is 23.2 Å². The van der Waals surface area contributed by atoms with Crippen LogP contribution in [-0.4, -0.2) is 76.2 Å². The summed E-state index contributed by atoms with van der Waals surface area (Å²) in [5, 5.41) is 28.0. The third-order valence-corrected chi connectivity index (χ3v) is 9.28. The third-order valence-electron chi connectivity index (χ3n) is 8.94. The first-order valence-electron chi connectivity index (χ1n) is 15.8. The molecular formula is C33H38Cl2FN5O8. The van der Waals surface area contributed by atoms with Gasteiger partial charge in [-0.3, -0.25) is 19.7 Å². The zero-order valence-electron chi connectivity index (χ0n) is 27.6. The maximum absolute atomic E-state index is 16.3. The van der Waals surface area contributed by atoms with E-state index in [-0.39, 0.29) is 51.3 Å². The molecule has 2 fully saturated rings. The van der Waals surface area contributed by atoms with Crippen LogP contribution in [0.25, 0.3) is 10.9 Å². The molecule has 5 rings (SSSR count). The van der Waals surface area contributed by atoms with Gasteiger partial charge in [-0.15, -0.1) is 0 Å². The molecule has 1 aliphatic heterocycles. The fourth-order valence-electron chi connectivity index (χ4n) is 6.29. The molecule has 0 spiro atoms. The summed E-state index contributed by atoms with van der Waals surface area (Å²) >= 11 is 11.9. The number of methoxy groups -OCH3 is 1. The number of hydrogen-bond acceptors (Lipinski definition) is 10. The molecule has 3 atom stereocenters. The fraction of sp³-hybridized carbons (Fsp3) is 0.485. The summed E-state index contributed by atoms with van der Waals surface area (Å²) in [5.74, 6) is -2.39. The molecule has 1 saturated heterocycles. The monoisotopic (exact) mass is 721 g/mol. The molecule has 2 aromatic carbocycles. The van der Waals surface area contributed by atoms with Crippen LogP contribution in [0.4, 0.5) is 15.8 Å². The number of aromatic nitrogens is 1. The van der Waals surface area contributed by atoms with Crippen LogP contribution in [0.15, 0.2) is 29.1 Å². The number of aliphatic hydroxyl groups excluding tert-OH is 1. The lowest BCUT2D eigenvalue weighted by atomic mass is 9.99. The quantitative estimate of drug-likeness (QED) is 0.112. The Bertz CT molecular complexity index is 1860. The number of carbonyl (C=O) groups excluding carboxylic acids is 2. The van der Waals surface area contributed by atoms with Crippen molar-refractivity contribution in [2.45, 2.75) is 69.1 Å². The zero-order chi connectivity index (χ0) is 35.9. The molecule has 1 unspecified atom stereocenters. The Kier molecular flexibility index (Phi) is 10.4. The van der Waals surface area contributed by atoms with E-state index in [1.807, 2.05) is 16.4 Å². The smallest absolute Gasteiger partial charge is 0.344 e. The predicted molar refractivity (Wildman–Crippen MR) is 183 cm³/mol. The molecule has 1 amide bonds. The van der Waals surface area contributed by atoms with E-state index < -0.39 is 51.1 Å². The molecule has 2 aliphatic rings. The van der Waals surface area contributed by atoms with Crippen molar-refractivity contribution >= 4 is 57.4 Å². The van der Waals surface area contributed by atoms with E-state index in [0.29, 0.717) is 30.8 Å². The zero-order valence-corrected chi connectivity index (χ0v) is 29.2. The molecule has 16 heteroatoms. The minimum atomic E-state index is -1.92. The summed E-state index contributed by atoms with van der Waals surface area (Å²) in [6, 6.07) is 3.57. The van der Waals surface area contributed by atoms with Gasteiger partial charge in [0.25, 0.3) is 11.6 Å². The maximum atomic E-state index is 16.3. The first kappa shape index (κ1) is 36.3. The molecular weight excluding hydrogens is 684 g/mol. The molecule has 264 valence electrons. The molecule has 0 radical (unpaired) electrons. The molecule has 3 aromatic rings. The van der Waals surface area contributed by atoms with Gasteiger partial charge in [0.1, 0.15) is 24.0 Å². The molecule has 3 N–H and O–H groups in total. The summed E-state index contributed by atoms with van der Waals surface area (Å²) in [4.78, 5) is 53.1. The largest absolute Gasteiger partial charge is 0.492 e. The van der Waals surface area contributed by atoms with Gasteiger partial charge < -0.3 is 34.7 Å². The maximum Gasteiger partial charge on any atom is 0.344 e. The van der Waals surface area contributed by atoms with Crippen LogP contribution in [0.3, 0.4) is 0 Å². The van der Waals surface area contributed by atoms with Crippen molar-refractivity contribution < 1.29 is 33.5 Å². The highest BCUT2D eigenvalue weighted by atomic mass is 35.5. The summed E-state index contributed by atoms with van der Waals surface area (Å²) in [6.07, 6.45) is -0.0171. The number of fused-ring (bicyclic) bond motifs is 1. The van der Waals surface area contributed by atoms with Gasteiger partial charge in [0.2, 0.25) is 5.43 Å². The van der Waals surface area contributed by atoms with Crippen molar-refractivity contribution in [1.82, 2.24) is 15.2 Å². The topological polar surface area (TPSA) is 165 Å². The molecule has 13 nitrogen and oxygen atoms in total. The van der Waals surface area contributed by atoms with Gasteiger partial charge in [0.15, 0.2) is 15.9 Å². The highest BCUT2D eigenvalue weighted by molar-refractivity contribution is 6.57. The van der Waals surface area contributed by atoms with E-state index >= 15 is 4.39 Å². The SMILES string of the molecule is COc1c(N2CCNC(C)C2)c(F)c(C)c2c(=O)c(C(=O)OC[C@@H](NC(=O)C(C)(Cl)Cl)[C@H](O)c3ccc([N+](=O)[O-])cc3)c(C)n(C3CC3)c12. The van der Waals surface area contributed by atoms with Crippen LogP contribution < -0.4 is 25.7 Å². The van der Waals surface area contributed by atoms with Crippen LogP contribution >= 0.6 is 23.2 Å². The number of halogens is 3. The van der Waals surface area contributed by atoms with E-state index in [4.69, 9.17) is 32.7 Å². The average molecular weight is 723 g/mol. The number of carbonyl (C=O) groups is 2. The lowest BCUT2D eigenvalue weighted by Crippen LogP contribution is -2.49. The number of rotatable bonds is 11. The number of anilines is 1. The fourth-order valence-corrected chi connectivity index (χ4v) is 6.40. The number of benzene rings is 2. The highest BCUT2D eigenvalue weighted by Gasteiger charge is 2.37. The second kappa shape index (κ2) is 14.1. The number of nitrogens with zero attached hydrogens (tertiary/aromatic N) is 3. The molecule has 2 heterocycles. The molecule has 49 heavy (non-hydrogen) atoms. The van der Waals surface area contributed by atoms with Crippen LogP contribution in [0, 0.1) is 29.8 Å². The van der Waals surface area contributed by atoms with E-state index in [0.717, 1.165) is 12.8 Å². The summed E-state index contributed by atoms with van der Waals surface area (Å²) in [5.41, 5.74) is -0.151. The molecule has 1 saturated carbocycles. The first-order chi connectivity index (χ1) is 23.1. The Morgan fingerprint density at radius 2 is 1.90 bits per heavy atom. The summed E-state index contributed by atoms with van der Waals surface area (Å²) in [7, 11) is 1.43. The second-order valence-corrected chi connectivity index (χ2v) is 14.3. The van der Waals surface area contributed by atoms with Crippen LogP contribution in [0.5, 0.6) is 5.75 Å². The second-order valence-electron chi connectivity index (χ2n) is 12.6. The van der Waals surface area contributed by atoms with Crippen LogP contribution in [-0.2, 0) is 9.53 Å². The Hall–Kier alpha value is -3.98. The Morgan fingerprint density at radius 3 is 2.45 bits per heavy atom. The van der Waals surface area contributed by atoms with Crippen molar-refractivity contribution in [2.24, 2.45) is 0 Å². The number of nitro benzene ring substituents is 1. The van der Waals surface area contributed by atoms with Gasteiger partial charge in [0.05, 0.1) is 29.0 Å². The summed E-state index contributed by atoms with van der Waals surface area (Å²) in [6.45, 7) is 7.33. The number of piperazine rings is 1. The van der Waals surface area contributed by atoms with Gasteiger partial charge in [-0.05, 0) is 58.2 Å². The van der Waals surface area contributed by atoms with Crippen molar-refractivity contribution in [2.75, 3.05) is 38.3 Å². The molecule has 1 aromatic heterocycles. The number of ether oxygens (including phenoxy) is 2. The van der Waals surface area contributed by atoms with Gasteiger partial charge in [0, 0.05) is 55.1 Å². The van der Waals surface area contributed by atoms with Gasteiger partial charge in [-0.2, -0.15) is 0 Å². The number of nitrogens with one attached hydrogen (secondary N) is 2. The van der Waals surface area contributed by atoms with Gasteiger partial charge >= 0.3 is 5.97 Å².